The lowest BCUT2D eigenvalue weighted by Gasteiger charge is -2.19. The Bertz CT molecular complexity index is 1380. The number of aliphatic hydroxyl groups excluding tert-OH is 1. The van der Waals surface area contributed by atoms with Crippen LogP contribution < -0.4 is 5.32 Å². The largest absolute Gasteiger partial charge is 0.494 e. The first-order valence-corrected chi connectivity index (χ1v) is 11.2. The third kappa shape index (κ3) is 3.90. The van der Waals surface area contributed by atoms with E-state index in [0.717, 1.165) is 15.6 Å². The average molecular weight is 460 g/mol. The number of aliphatic hydroxyl groups is 1. The fourth-order valence-electron chi connectivity index (χ4n) is 3.97. The minimum absolute atomic E-state index is 0.0309. The van der Waals surface area contributed by atoms with Gasteiger partial charge in [0.05, 0.1) is 22.2 Å². The maximum atomic E-state index is 13.4. The Morgan fingerprint density at radius 3 is 2.36 bits per heavy atom. The third-order valence-electron chi connectivity index (χ3n) is 5.74. The van der Waals surface area contributed by atoms with Gasteiger partial charge in [0.2, 0.25) is 17.7 Å². The Hall–Kier alpha value is -3.88. The zero-order valence-electron chi connectivity index (χ0n) is 17.5. The molecule has 0 saturated heterocycles. The molecular formula is C25H21N3O4S. The maximum Gasteiger partial charge on any atom is 0.234 e. The van der Waals surface area contributed by atoms with Crippen LogP contribution in [0.15, 0.2) is 73.1 Å². The molecule has 7 nitrogen and oxygen atoms in total. The predicted molar refractivity (Wildman–Crippen MR) is 129 cm³/mol. The molecule has 0 aliphatic carbocycles. The van der Waals surface area contributed by atoms with Gasteiger partial charge in [-0.25, -0.2) is 0 Å². The van der Waals surface area contributed by atoms with Gasteiger partial charge in [-0.15, -0.1) is 11.3 Å². The summed E-state index contributed by atoms with van der Waals surface area (Å²) in [6.07, 6.45) is 3.45. The molecule has 0 unspecified atom stereocenters. The summed E-state index contributed by atoms with van der Waals surface area (Å²) in [5, 5.41) is 36.6. The number of nitrogens with zero attached hydrogens (tertiary/aromatic N) is 2. The van der Waals surface area contributed by atoms with E-state index in [2.05, 4.69) is 10.3 Å². The molecule has 0 spiro atoms. The Morgan fingerprint density at radius 2 is 1.73 bits per heavy atom. The number of fused-ring (bicyclic) bond motifs is 2. The zero-order chi connectivity index (χ0) is 22.9. The van der Waals surface area contributed by atoms with Crippen molar-refractivity contribution in [2.45, 2.75) is 19.1 Å². The predicted octanol–water partition coefficient (Wildman–Crippen LogP) is 4.58. The number of aromatic nitrogens is 2. The van der Waals surface area contributed by atoms with Crippen molar-refractivity contribution < 1.29 is 20.1 Å². The van der Waals surface area contributed by atoms with Gasteiger partial charge in [-0.2, -0.15) is 0 Å². The van der Waals surface area contributed by atoms with Gasteiger partial charge in [0.1, 0.15) is 0 Å². The van der Waals surface area contributed by atoms with Gasteiger partial charge in [0, 0.05) is 29.7 Å². The first-order valence-electron chi connectivity index (χ1n) is 10.4. The van der Waals surface area contributed by atoms with Gasteiger partial charge in [0.15, 0.2) is 0 Å². The molecule has 2 aromatic carbocycles. The molecule has 8 heteroatoms. The van der Waals surface area contributed by atoms with Crippen LogP contribution in [-0.2, 0) is 17.9 Å². The maximum absolute atomic E-state index is 13.4. The van der Waals surface area contributed by atoms with E-state index in [1.165, 1.54) is 15.9 Å². The highest BCUT2D eigenvalue weighted by Gasteiger charge is 2.26. The SMILES string of the molecule is O=C(Nc1cc2ccncc2s1)[C@H](Cn1c(O)c2ccccc2c1O)c1ccc(CO)cc1. The van der Waals surface area contributed by atoms with Crippen LogP contribution in [0.4, 0.5) is 5.00 Å². The van der Waals surface area contributed by atoms with Crippen LogP contribution in [-0.4, -0.2) is 30.8 Å². The lowest BCUT2D eigenvalue weighted by Crippen LogP contribution is -2.24. The average Bonchev–Trinajstić information content (AvgIpc) is 3.36. The van der Waals surface area contributed by atoms with Crippen LogP contribution in [0.2, 0.25) is 0 Å². The number of aromatic hydroxyl groups is 2. The van der Waals surface area contributed by atoms with E-state index in [1.807, 2.05) is 12.1 Å². The van der Waals surface area contributed by atoms with E-state index in [0.29, 0.717) is 21.3 Å². The molecule has 0 radical (unpaired) electrons. The minimum atomic E-state index is -0.709. The molecule has 0 bridgehead atoms. The Balaban J connectivity index is 1.52. The van der Waals surface area contributed by atoms with Crippen LogP contribution in [0.3, 0.4) is 0 Å². The fourth-order valence-corrected chi connectivity index (χ4v) is 4.90. The van der Waals surface area contributed by atoms with E-state index >= 15 is 0 Å². The van der Waals surface area contributed by atoms with E-state index in [-0.39, 0.29) is 30.8 Å². The number of anilines is 1. The molecule has 0 saturated carbocycles. The monoisotopic (exact) mass is 459 g/mol. The summed E-state index contributed by atoms with van der Waals surface area (Å²) in [5.41, 5.74) is 1.43. The summed E-state index contributed by atoms with van der Waals surface area (Å²) in [6.45, 7) is -0.0688. The van der Waals surface area contributed by atoms with E-state index in [1.54, 1.807) is 60.9 Å². The lowest BCUT2D eigenvalue weighted by atomic mass is 9.96. The third-order valence-corrected chi connectivity index (χ3v) is 6.74. The van der Waals surface area contributed by atoms with E-state index < -0.39 is 5.92 Å². The second-order valence-corrected chi connectivity index (χ2v) is 8.85. The van der Waals surface area contributed by atoms with Gasteiger partial charge < -0.3 is 20.6 Å². The number of thiophene rings is 1. The van der Waals surface area contributed by atoms with Crippen molar-refractivity contribution in [3.05, 3.63) is 84.2 Å². The van der Waals surface area contributed by atoms with Crippen molar-refractivity contribution in [2.24, 2.45) is 0 Å². The second-order valence-electron chi connectivity index (χ2n) is 7.77. The molecule has 0 fully saturated rings. The van der Waals surface area contributed by atoms with Gasteiger partial charge in [-0.05, 0) is 40.8 Å². The molecule has 166 valence electrons. The summed E-state index contributed by atoms with van der Waals surface area (Å²) in [6, 6.07) is 17.8. The second kappa shape index (κ2) is 8.57. The summed E-state index contributed by atoms with van der Waals surface area (Å²) in [5.74, 6) is -1.18. The van der Waals surface area contributed by atoms with Crippen molar-refractivity contribution in [3.63, 3.8) is 0 Å². The highest BCUT2D eigenvalue weighted by molar-refractivity contribution is 7.22. The van der Waals surface area contributed by atoms with E-state index in [9.17, 15) is 20.1 Å². The topological polar surface area (TPSA) is 108 Å². The smallest absolute Gasteiger partial charge is 0.234 e. The van der Waals surface area contributed by atoms with Gasteiger partial charge in [-0.1, -0.05) is 36.4 Å². The summed E-state index contributed by atoms with van der Waals surface area (Å²) in [4.78, 5) is 17.6. The highest BCUT2D eigenvalue weighted by Crippen LogP contribution is 2.38. The molecule has 1 amide bonds. The molecule has 5 aromatic rings. The number of benzene rings is 2. The zero-order valence-corrected chi connectivity index (χ0v) is 18.3. The number of nitrogens with one attached hydrogen (secondary N) is 1. The van der Waals surface area contributed by atoms with Crippen LogP contribution in [0.1, 0.15) is 17.0 Å². The highest BCUT2D eigenvalue weighted by atomic mass is 32.1. The first kappa shape index (κ1) is 21.0. The van der Waals surface area contributed by atoms with Crippen LogP contribution in [0.5, 0.6) is 11.8 Å². The molecule has 3 aromatic heterocycles. The van der Waals surface area contributed by atoms with Gasteiger partial charge in [-0.3, -0.25) is 14.3 Å². The number of carbonyl (C=O) groups excluding carboxylic acids is 1. The number of hydrogen-bond donors (Lipinski definition) is 4. The molecule has 33 heavy (non-hydrogen) atoms. The molecule has 0 aliphatic heterocycles. The summed E-state index contributed by atoms with van der Waals surface area (Å²) < 4.78 is 2.31. The number of hydrogen-bond acceptors (Lipinski definition) is 6. The van der Waals surface area contributed by atoms with Crippen molar-refractivity contribution in [3.8, 4) is 11.8 Å². The Labute approximate surface area is 193 Å². The molecule has 4 N–H and O–H groups in total. The Morgan fingerprint density at radius 1 is 1.03 bits per heavy atom. The standard InChI is InChI=1S/C25H21N3O4S/c29-14-15-5-7-16(8-6-15)20(13-28-24(31)18-3-1-2-4-19(18)25(28)32)23(30)27-22-11-17-9-10-26-12-21(17)33-22/h1-12,20,29,31-32H,13-14H2,(H,27,30)/t20-/m1/s1. The summed E-state index contributed by atoms with van der Waals surface area (Å²) in [7, 11) is 0. The molecule has 5 rings (SSSR count). The van der Waals surface area contributed by atoms with Crippen LogP contribution in [0, 0.1) is 0 Å². The summed E-state index contributed by atoms with van der Waals surface area (Å²) >= 11 is 1.43. The molecular weight excluding hydrogens is 438 g/mol. The van der Waals surface area contributed by atoms with E-state index in [4.69, 9.17) is 0 Å². The molecule has 3 heterocycles. The Kier molecular flexibility index (Phi) is 5.45. The van der Waals surface area contributed by atoms with Crippen molar-refractivity contribution in [1.82, 2.24) is 9.55 Å². The van der Waals surface area contributed by atoms with Crippen LogP contribution >= 0.6 is 11.3 Å². The fraction of sp³-hybridized carbons (Fsp3) is 0.120. The van der Waals surface area contributed by atoms with Crippen LogP contribution in [0.25, 0.3) is 20.9 Å². The first-order chi connectivity index (χ1) is 16.0. The van der Waals surface area contributed by atoms with Crippen molar-refractivity contribution in [1.29, 1.82) is 0 Å². The quantitative estimate of drug-likeness (QED) is 0.297. The molecule has 0 aliphatic rings. The number of amides is 1. The van der Waals surface area contributed by atoms with Gasteiger partial charge in [0.25, 0.3) is 0 Å². The number of pyridine rings is 1. The number of rotatable bonds is 6. The van der Waals surface area contributed by atoms with Crippen molar-refractivity contribution >= 4 is 43.1 Å². The van der Waals surface area contributed by atoms with Gasteiger partial charge >= 0.3 is 0 Å². The molecule has 1 atom stereocenters. The van der Waals surface area contributed by atoms with Crippen molar-refractivity contribution in [2.75, 3.05) is 5.32 Å². The minimum Gasteiger partial charge on any atom is -0.494 e. The normalized spacial score (nSPS) is 12.3. The number of carbonyl (C=O) groups is 1. The lowest BCUT2D eigenvalue weighted by molar-refractivity contribution is -0.117.